The van der Waals surface area contributed by atoms with E-state index in [1.165, 1.54) is 3.58 Å². The van der Waals surface area contributed by atoms with E-state index in [-0.39, 0.29) is 0 Å². The Labute approximate surface area is 77.7 Å². The number of hydrogen-bond donors (Lipinski definition) is 0. The second kappa shape index (κ2) is 3.52. The molecule has 1 heterocycles. The van der Waals surface area contributed by atoms with Crippen LogP contribution in [-0.2, 0) is 0 Å². The van der Waals surface area contributed by atoms with Crippen LogP contribution in [0, 0.1) is 0 Å². The van der Waals surface area contributed by atoms with Gasteiger partial charge in [0.05, 0.1) is 0 Å². The van der Waals surface area contributed by atoms with Crippen LogP contribution in [0.15, 0.2) is 18.7 Å². The Bertz CT molecular complexity index is 215. The molecule has 0 fully saturated rings. The van der Waals surface area contributed by atoms with Crippen LogP contribution >= 0.6 is 0 Å². The van der Waals surface area contributed by atoms with Crippen LogP contribution in [0.3, 0.4) is 0 Å². The summed E-state index contributed by atoms with van der Waals surface area (Å²) in [6.45, 7) is 6.85. The standard InChI is InChI=1S/C4H3N2.C4H9.Sn/c1-2-5-4-6-3-1;1-4(2)3;/h2-4H;1-3H3;. The van der Waals surface area contributed by atoms with Gasteiger partial charge in [0.2, 0.25) is 0 Å². The topological polar surface area (TPSA) is 25.8 Å². The Morgan fingerprint density at radius 2 is 1.73 bits per heavy atom. The van der Waals surface area contributed by atoms with Crippen molar-refractivity contribution in [2.24, 2.45) is 0 Å². The van der Waals surface area contributed by atoms with E-state index in [1.54, 1.807) is 6.33 Å². The van der Waals surface area contributed by atoms with E-state index < -0.39 is 21.1 Å². The van der Waals surface area contributed by atoms with Crippen molar-refractivity contribution >= 4 is 24.7 Å². The summed E-state index contributed by atoms with van der Waals surface area (Å²) in [5.41, 5.74) is 0. The van der Waals surface area contributed by atoms with Crippen LogP contribution in [0.4, 0.5) is 0 Å². The molecule has 0 aromatic carbocycles. The minimum atomic E-state index is -0.474. The molecule has 0 amide bonds. The summed E-state index contributed by atoms with van der Waals surface area (Å²) in [5.74, 6) is 0. The van der Waals surface area contributed by atoms with E-state index in [0.29, 0.717) is 3.43 Å². The van der Waals surface area contributed by atoms with Gasteiger partial charge in [-0.25, -0.2) is 0 Å². The third-order valence-corrected chi connectivity index (χ3v) is 4.78. The first-order valence-electron chi connectivity index (χ1n) is 3.61. The van der Waals surface area contributed by atoms with E-state index in [2.05, 4.69) is 30.7 Å². The van der Waals surface area contributed by atoms with E-state index in [1.807, 2.05) is 12.4 Å². The SMILES string of the molecule is C[C](C)(C)[Sn][c]1cncnc1. The molecule has 0 bridgehead atoms. The third kappa shape index (κ3) is 3.70. The number of rotatable bonds is 1. The molecule has 0 aliphatic heterocycles. The fourth-order valence-corrected chi connectivity index (χ4v) is 4.06. The van der Waals surface area contributed by atoms with Crippen LogP contribution in [0.25, 0.3) is 0 Å². The summed E-state index contributed by atoms with van der Waals surface area (Å²) in [6.07, 6.45) is 5.49. The van der Waals surface area contributed by atoms with Gasteiger partial charge in [0.25, 0.3) is 0 Å². The van der Waals surface area contributed by atoms with Crippen LogP contribution in [0.5, 0.6) is 0 Å². The average Bonchev–Trinajstić information content (AvgIpc) is 1.85. The fraction of sp³-hybridized carbons (Fsp3) is 0.500. The van der Waals surface area contributed by atoms with Crippen molar-refractivity contribution in [2.45, 2.75) is 24.2 Å². The van der Waals surface area contributed by atoms with Crippen LogP contribution < -0.4 is 3.58 Å². The molecule has 1 aromatic rings. The average molecular weight is 255 g/mol. The monoisotopic (exact) mass is 256 g/mol. The molecule has 0 unspecified atom stereocenters. The van der Waals surface area contributed by atoms with E-state index in [4.69, 9.17) is 0 Å². The predicted molar refractivity (Wildman–Crippen MR) is 47.1 cm³/mol. The molecule has 0 aliphatic carbocycles. The molecule has 58 valence electrons. The summed E-state index contributed by atoms with van der Waals surface area (Å²) < 4.78 is 1.87. The van der Waals surface area contributed by atoms with Crippen LogP contribution in [0.2, 0.25) is 3.43 Å². The summed E-state index contributed by atoms with van der Waals surface area (Å²) in [5, 5.41) is 0. The van der Waals surface area contributed by atoms with Gasteiger partial charge in [-0.15, -0.1) is 0 Å². The van der Waals surface area contributed by atoms with Crippen LogP contribution in [0.1, 0.15) is 20.8 Å². The zero-order valence-corrected chi connectivity index (χ0v) is 9.98. The van der Waals surface area contributed by atoms with Crippen molar-refractivity contribution in [3.8, 4) is 0 Å². The number of aromatic nitrogens is 2. The van der Waals surface area contributed by atoms with Gasteiger partial charge in [0, 0.05) is 0 Å². The second-order valence-electron chi connectivity index (χ2n) is 3.50. The van der Waals surface area contributed by atoms with Gasteiger partial charge in [-0.05, 0) is 0 Å². The van der Waals surface area contributed by atoms with Gasteiger partial charge < -0.3 is 0 Å². The molecule has 3 heteroatoms. The number of hydrogen-bond acceptors (Lipinski definition) is 2. The van der Waals surface area contributed by atoms with E-state index in [9.17, 15) is 0 Å². The van der Waals surface area contributed by atoms with Crippen molar-refractivity contribution in [3.05, 3.63) is 18.7 Å². The Morgan fingerprint density at radius 1 is 1.18 bits per heavy atom. The third-order valence-electron chi connectivity index (χ3n) is 1.08. The fourth-order valence-electron chi connectivity index (χ4n) is 0.797. The molecule has 11 heavy (non-hydrogen) atoms. The minimum absolute atomic E-state index is 0.474. The maximum absolute atomic E-state index is 4.00. The van der Waals surface area contributed by atoms with Crippen molar-refractivity contribution in [1.29, 1.82) is 0 Å². The van der Waals surface area contributed by atoms with Crippen LogP contribution in [-0.4, -0.2) is 31.1 Å². The zero-order chi connectivity index (χ0) is 8.32. The summed E-state index contributed by atoms with van der Waals surface area (Å²) in [4.78, 5) is 8.00. The normalized spacial score (nSPS) is 11.5. The predicted octanol–water partition coefficient (Wildman–Crippen LogP) is 1.02. The number of nitrogens with zero attached hydrogens (tertiary/aromatic N) is 2. The van der Waals surface area contributed by atoms with Gasteiger partial charge in [-0.1, -0.05) is 0 Å². The van der Waals surface area contributed by atoms with Crippen molar-refractivity contribution in [3.63, 3.8) is 0 Å². The second-order valence-corrected chi connectivity index (χ2v) is 10.1. The molecule has 0 N–H and O–H groups in total. The molecular weight excluding hydrogens is 243 g/mol. The van der Waals surface area contributed by atoms with Gasteiger partial charge in [-0.3, -0.25) is 0 Å². The molecule has 2 radical (unpaired) electrons. The molecule has 0 aliphatic rings. The van der Waals surface area contributed by atoms with Gasteiger partial charge >= 0.3 is 77.6 Å². The molecule has 0 spiro atoms. The molecule has 0 saturated heterocycles. The summed E-state index contributed by atoms with van der Waals surface area (Å²) >= 11 is -0.474. The van der Waals surface area contributed by atoms with Gasteiger partial charge in [0.15, 0.2) is 0 Å². The first-order valence-corrected chi connectivity index (χ1v) is 6.46. The first kappa shape index (κ1) is 8.97. The molecule has 0 saturated carbocycles. The Balaban J connectivity index is 2.66. The molecule has 1 rings (SSSR count). The Hall–Kier alpha value is -0.121. The molecule has 1 aromatic heterocycles. The van der Waals surface area contributed by atoms with Crippen molar-refractivity contribution in [2.75, 3.05) is 0 Å². The quantitative estimate of drug-likeness (QED) is 0.700. The maximum atomic E-state index is 4.00. The van der Waals surface area contributed by atoms with Gasteiger partial charge in [0.1, 0.15) is 0 Å². The Kier molecular flexibility index (Phi) is 2.87. The molecule has 2 nitrogen and oxygen atoms in total. The Morgan fingerprint density at radius 3 is 2.18 bits per heavy atom. The zero-order valence-electron chi connectivity index (χ0n) is 7.13. The van der Waals surface area contributed by atoms with E-state index in [0.717, 1.165) is 0 Å². The van der Waals surface area contributed by atoms with Crippen molar-refractivity contribution < 1.29 is 0 Å². The van der Waals surface area contributed by atoms with Gasteiger partial charge in [-0.2, -0.15) is 0 Å². The molecule has 0 atom stereocenters. The summed E-state index contributed by atoms with van der Waals surface area (Å²) in [6, 6.07) is 0. The van der Waals surface area contributed by atoms with Crippen molar-refractivity contribution in [1.82, 2.24) is 9.97 Å². The summed E-state index contributed by atoms with van der Waals surface area (Å²) in [7, 11) is 0. The molecular formula is C8H12N2Sn. The first-order chi connectivity index (χ1) is 5.08. The van der Waals surface area contributed by atoms with E-state index >= 15 is 0 Å².